The Morgan fingerprint density at radius 3 is 1.85 bits per heavy atom. The first kappa shape index (κ1) is 44.1. The van der Waals surface area contributed by atoms with Crippen molar-refractivity contribution in [3.8, 4) is 5.75 Å². The molecule has 1 saturated heterocycles. The third kappa shape index (κ3) is 13.1. The van der Waals surface area contributed by atoms with E-state index in [0.717, 1.165) is 6.92 Å². The van der Waals surface area contributed by atoms with Gasteiger partial charge in [-0.2, -0.15) is 0 Å². The number of phenols is 1. The Hall–Kier alpha value is -5.10. The first-order valence-corrected chi connectivity index (χ1v) is 17.5. The van der Waals surface area contributed by atoms with Gasteiger partial charge in [-0.15, -0.1) is 0 Å². The van der Waals surface area contributed by atoms with E-state index < -0.39 is 102 Å². The summed E-state index contributed by atoms with van der Waals surface area (Å²) in [4.78, 5) is 104. The second-order valence-corrected chi connectivity index (χ2v) is 13.9. The Labute approximate surface area is 308 Å². The number of hydrogen-bond donors (Lipinski definition) is 9. The Morgan fingerprint density at radius 1 is 0.755 bits per heavy atom. The molecule has 1 aromatic rings. The number of rotatable bonds is 17. The highest BCUT2D eigenvalue weighted by Gasteiger charge is 2.40. The van der Waals surface area contributed by atoms with Crippen LogP contribution in [-0.4, -0.2) is 118 Å². The molecule has 1 heterocycles. The topological polar surface area (TPSA) is 278 Å². The lowest BCUT2D eigenvalue weighted by molar-refractivity contribution is -0.143. The summed E-state index contributed by atoms with van der Waals surface area (Å²) in [5.74, 6) is -6.28. The molecule has 2 rings (SSSR count). The second-order valence-electron chi connectivity index (χ2n) is 13.9. The van der Waals surface area contributed by atoms with E-state index in [2.05, 4.69) is 31.9 Å². The van der Waals surface area contributed by atoms with Crippen molar-refractivity contribution in [2.45, 2.75) is 110 Å². The van der Waals surface area contributed by atoms with E-state index in [9.17, 15) is 48.6 Å². The fraction of sp³-hybridized carbons (Fsp3) is 0.600. The van der Waals surface area contributed by atoms with E-state index in [1.807, 2.05) is 0 Å². The minimum atomic E-state index is -1.29. The van der Waals surface area contributed by atoms with Gasteiger partial charge in [-0.3, -0.25) is 43.7 Å². The third-order valence-corrected chi connectivity index (χ3v) is 8.72. The maximum absolute atomic E-state index is 14.1. The molecule has 294 valence electrons. The highest BCUT2D eigenvalue weighted by Crippen LogP contribution is 2.21. The van der Waals surface area contributed by atoms with E-state index in [1.165, 1.54) is 30.9 Å². The van der Waals surface area contributed by atoms with E-state index in [4.69, 9.17) is 5.73 Å². The number of aliphatic hydroxyl groups is 1. The number of amides is 8. The van der Waals surface area contributed by atoms with Crippen LogP contribution in [0, 0.1) is 11.8 Å². The van der Waals surface area contributed by atoms with Gasteiger partial charge in [0.1, 0.15) is 42.0 Å². The number of aliphatic hydroxyl groups excluding tert-OH is 1. The standard InChI is InChI=1S/C35H54N8O10/c1-17(2)27(36)33(51)42-34(52)28(18(3)4)41-32(50)26-9-8-14-43(26)35(53)24(15-22-10-12-23(46)13-11-22)40-30(48)20(6)37-29(47)19(5)38-31(49)25(16-44)39-21(7)45/h10-13,17-20,24-28,44,46H,8-9,14-16,36H2,1-7H3,(H,37,47)(H,38,49)(H,39,45)(H,40,48)(H,41,50)(H,42,51,52)/t19-,20-,24-,25-,26-,27-,28-/m0/s1. The smallest absolute Gasteiger partial charge is 0.249 e. The summed E-state index contributed by atoms with van der Waals surface area (Å²) in [6.45, 7) is 10.1. The molecule has 0 spiro atoms. The maximum Gasteiger partial charge on any atom is 0.249 e. The zero-order chi connectivity index (χ0) is 40.2. The number of aromatic hydroxyl groups is 1. The van der Waals surface area contributed by atoms with Gasteiger partial charge in [0.15, 0.2) is 0 Å². The van der Waals surface area contributed by atoms with Crippen LogP contribution in [0.3, 0.4) is 0 Å². The van der Waals surface area contributed by atoms with Crippen molar-refractivity contribution >= 4 is 47.3 Å². The largest absolute Gasteiger partial charge is 0.508 e. The van der Waals surface area contributed by atoms with Gasteiger partial charge in [-0.25, -0.2) is 0 Å². The highest BCUT2D eigenvalue weighted by atomic mass is 16.3. The van der Waals surface area contributed by atoms with E-state index in [-0.39, 0.29) is 31.1 Å². The fourth-order valence-corrected chi connectivity index (χ4v) is 5.46. The number of benzene rings is 1. The molecule has 18 nitrogen and oxygen atoms in total. The Balaban J connectivity index is 2.22. The number of phenolic OH excluding ortho intramolecular Hbond substituents is 1. The van der Waals surface area contributed by atoms with E-state index in [0.29, 0.717) is 12.0 Å². The molecule has 53 heavy (non-hydrogen) atoms. The number of hydrogen-bond acceptors (Lipinski definition) is 11. The van der Waals surface area contributed by atoms with Crippen molar-refractivity contribution in [1.82, 2.24) is 36.8 Å². The molecule has 1 fully saturated rings. The summed E-state index contributed by atoms with van der Waals surface area (Å²) >= 11 is 0. The SMILES string of the molecule is CC(=O)N[C@@H](CO)C(=O)N[C@@H](C)C(=O)N[C@@H](C)C(=O)N[C@@H](Cc1ccc(O)cc1)C(=O)N1CCC[C@H]1C(=O)N[C@H](C(=O)NC(=O)[C@@H](N)C(C)C)C(C)C. The lowest BCUT2D eigenvalue weighted by Crippen LogP contribution is -2.60. The first-order valence-electron chi connectivity index (χ1n) is 17.5. The van der Waals surface area contributed by atoms with Crippen LogP contribution in [0.5, 0.6) is 5.75 Å². The number of nitrogens with one attached hydrogen (secondary N) is 6. The predicted octanol–water partition coefficient (Wildman–Crippen LogP) is -2.32. The summed E-state index contributed by atoms with van der Waals surface area (Å²) in [6.07, 6.45) is 0.652. The van der Waals surface area contributed by atoms with Gasteiger partial charge in [0.25, 0.3) is 0 Å². The summed E-state index contributed by atoms with van der Waals surface area (Å²) in [6, 6.07) is -2.05. The van der Waals surface area contributed by atoms with Gasteiger partial charge in [-0.1, -0.05) is 39.8 Å². The van der Waals surface area contributed by atoms with Gasteiger partial charge < -0.3 is 47.4 Å². The highest BCUT2D eigenvalue weighted by molar-refractivity contribution is 6.02. The van der Waals surface area contributed by atoms with Gasteiger partial charge >= 0.3 is 0 Å². The minimum Gasteiger partial charge on any atom is -0.508 e. The lowest BCUT2D eigenvalue weighted by atomic mass is 10.0. The lowest BCUT2D eigenvalue weighted by Gasteiger charge is -2.31. The molecule has 0 aromatic heterocycles. The average molecular weight is 747 g/mol. The normalized spacial score (nSPS) is 17.4. The maximum atomic E-state index is 14.1. The van der Waals surface area contributed by atoms with Crippen LogP contribution in [0.25, 0.3) is 0 Å². The number of carbonyl (C=O) groups excluding carboxylic acids is 8. The predicted molar refractivity (Wildman–Crippen MR) is 191 cm³/mol. The van der Waals surface area contributed by atoms with Crippen molar-refractivity contribution < 1.29 is 48.6 Å². The van der Waals surface area contributed by atoms with Crippen molar-refractivity contribution in [3.63, 3.8) is 0 Å². The Morgan fingerprint density at radius 2 is 1.32 bits per heavy atom. The first-order chi connectivity index (χ1) is 24.8. The number of carbonyl (C=O) groups is 8. The molecule has 0 radical (unpaired) electrons. The van der Waals surface area contributed by atoms with Crippen LogP contribution in [0.4, 0.5) is 0 Å². The van der Waals surface area contributed by atoms with Gasteiger partial charge in [0.05, 0.1) is 12.6 Å². The quantitative estimate of drug-likeness (QED) is 0.0816. The monoisotopic (exact) mass is 746 g/mol. The molecule has 1 aromatic carbocycles. The zero-order valence-electron chi connectivity index (χ0n) is 31.2. The summed E-state index contributed by atoms with van der Waals surface area (Å²) in [5.41, 5.74) is 6.43. The Bertz CT molecular complexity index is 1500. The number of nitrogens with zero attached hydrogens (tertiary/aromatic N) is 1. The van der Waals surface area contributed by atoms with Crippen LogP contribution < -0.4 is 37.6 Å². The van der Waals surface area contributed by atoms with Crippen molar-refractivity contribution in [2.24, 2.45) is 17.6 Å². The van der Waals surface area contributed by atoms with Crippen LogP contribution in [0.2, 0.25) is 0 Å². The molecule has 0 aliphatic carbocycles. The summed E-state index contributed by atoms with van der Waals surface area (Å²) in [7, 11) is 0. The zero-order valence-corrected chi connectivity index (χ0v) is 31.2. The van der Waals surface area contributed by atoms with Crippen molar-refractivity contribution in [2.75, 3.05) is 13.2 Å². The van der Waals surface area contributed by atoms with E-state index >= 15 is 0 Å². The van der Waals surface area contributed by atoms with Crippen LogP contribution in [0.1, 0.15) is 66.9 Å². The van der Waals surface area contributed by atoms with Crippen LogP contribution in [-0.2, 0) is 44.8 Å². The van der Waals surface area contributed by atoms with Crippen molar-refractivity contribution in [3.05, 3.63) is 29.8 Å². The molecule has 0 unspecified atom stereocenters. The van der Waals surface area contributed by atoms with Crippen molar-refractivity contribution in [1.29, 1.82) is 0 Å². The molecule has 1 aliphatic rings. The third-order valence-electron chi connectivity index (χ3n) is 8.72. The average Bonchev–Trinajstić information content (AvgIpc) is 3.59. The second kappa shape index (κ2) is 20.2. The fourth-order valence-electron chi connectivity index (χ4n) is 5.46. The summed E-state index contributed by atoms with van der Waals surface area (Å²) in [5, 5.41) is 33.8. The van der Waals surface area contributed by atoms with Crippen LogP contribution >= 0.6 is 0 Å². The molecule has 0 saturated carbocycles. The Kier molecular flexibility index (Phi) is 16.8. The molecule has 7 atom stereocenters. The number of imide groups is 1. The molecular weight excluding hydrogens is 692 g/mol. The van der Waals surface area contributed by atoms with Gasteiger partial charge in [0.2, 0.25) is 47.3 Å². The van der Waals surface area contributed by atoms with Crippen LogP contribution in [0.15, 0.2) is 24.3 Å². The molecule has 0 bridgehead atoms. The number of likely N-dealkylation sites (tertiary alicyclic amines) is 1. The molecular formula is C35H54N8O10. The van der Waals surface area contributed by atoms with Gasteiger partial charge in [-0.05, 0) is 56.2 Å². The van der Waals surface area contributed by atoms with E-state index in [1.54, 1.807) is 39.8 Å². The molecule has 1 aliphatic heterocycles. The number of nitrogens with two attached hydrogens (primary N) is 1. The molecule has 8 amide bonds. The molecule has 10 N–H and O–H groups in total. The van der Waals surface area contributed by atoms with Gasteiger partial charge in [0, 0.05) is 19.9 Å². The minimum absolute atomic E-state index is 0.0199. The molecule has 18 heteroatoms. The summed E-state index contributed by atoms with van der Waals surface area (Å²) < 4.78 is 0.